The second-order valence-corrected chi connectivity index (χ2v) is 4.07. The summed E-state index contributed by atoms with van der Waals surface area (Å²) in [4.78, 5) is 13.2. The van der Waals surface area contributed by atoms with E-state index in [0.29, 0.717) is 0 Å². The van der Waals surface area contributed by atoms with E-state index in [4.69, 9.17) is 0 Å². The highest BCUT2D eigenvalue weighted by Gasteiger charge is 2.28. The molecule has 4 nitrogen and oxygen atoms in total. The largest absolute Gasteiger partial charge is 0.411 e. The van der Waals surface area contributed by atoms with Crippen LogP contribution in [0.15, 0.2) is 0 Å². The third-order valence-corrected chi connectivity index (χ3v) is 2.70. The lowest BCUT2D eigenvalue weighted by Gasteiger charge is -2.23. The fraction of sp³-hybridized carbons (Fsp3) is 0.900. The Balaban J connectivity index is 2.16. The number of hydrogen-bond acceptors (Lipinski definition) is 3. The summed E-state index contributed by atoms with van der Waals surface area (Å²) in [5.74, 6) is -0.180. The molecule has 0 radical (unpaired) electrons. The molecule has 0 aromatic rings. The van der Waals surface area contributed by atoms with Gasteiger partial charge in [0.05, 0.1) is 13.0 Å². The summed E-state index contributed by atoms with van der Waals surface area (Å²) >= 11 is 0. The first kappa shape index (κ1) is 14.2. The fourth-order valence-corrected chi connectivity index (χ4v) is 1.70. The van der Waals surface area contributed by atoms with Crippen LogP contribution in [0, 0.1) is 0 Å². The predicted molar refractivity (Wildman–Crippen MR) is 55.5 cm³/mol. The van der Waals surface area contributed by atoms with Crippen LogP contribution in [0.25, 0.3) is 0 Å². The van der Waals surface area contributed by atoms with E-state index in [-0.39, 0.29) is 25.0 Å². The van der Waals surface area contributed by atoms with Crippen molar-refractivity contribution < 1.29 is 22.7 Å². The molecular weight excluding hydrogens is 237 g/mol. The van der Waals surface area contributed by atoms with Crippen molar-refractivity contribution in [1.29, 1.82) is 0 Å². The summed E-state index contributed by atoms with van der Waals surface area (Å²) < 4.78 is 39.7. The molecule has 1 amide bonds. The zero-order valence-electron chi connectivity index (χ0n) is 9.72. The van der Waals surface area contributed by atoms with Gasteiger partial charge in [-0.2, -0.15) is 13.2 Å². The Bertz CT molecular complexity index is 252. The monoisotopic (exact) mass is 254 g/mol. The number of ether oxygens (including phenoxy) is 1. The van der Waals surface area contributed by atoms with Crippen molar-refractivity contribution >= 4 is 5.91 Å². The molecule has 100 valence electrons. The Kier molecular flexibility index (Phi) is 5.20. The normalized spacial score (nSPS) is 20.6. The van der Waals surface area contributed by atoms with Crippen LogP contribution >= 0.6 is 0 Å². The highest BCUT2D eigenvalue weighted by Crippen LogP contribution is 2.14. The highest BCUT2D eigenvalue weighted by molar-refractivity contribution is 5.76. The number of rotatable bonds is 5. The Hall–Kier alpha value is -0.820. The van der Waals surface area contributed by atoms with E-state index in [1.807, 2.05) is 0 Å². The molecule has 7 heteroatoms. The molecule has 1 N–H and O–H groups in total. The SMILES string of the molecule is CN(C(=O)CCOCC(F)(F)F)C1CCNC1. The van der Waals surface area contributed by atoms with E-state index in [1.54, 1.807) is 11.9 Å². The molecule has 1 atom stereocenters. The molecule has 1 aliphatic rings. The number of amides is 1. The molecule has 17 heavy (non-hydrogen) atoms. The first-order valence-electron chi connectivity index (χ1n) is 5.51. The van der Waals surface area contributed by atoms with Gasteiger partial charge in [0.25, 0.3) is 0 Å². The molecule has 1 heterocycles. The van der Waals surface area contributed by atoms with E-state index < -0.39 is 12.8 Å². The summed E-state index contributed by atoms with van der Waals surface area (Å²) in [7, 11) is 1.67. The molecule has 0 bridgehead atoms. The van der Waals surface area contributed by atoms with Gasteiger partial charge >= 0.3 is 6.18 Å². The predicted octanol–water partition coefficient (Wildman–Crippen LogP) is 0.776. The van der Waals surface area contributed by atoms with Crippen LogP contribution in [0.1, 0.15) is 12.8 Å². The van der Waals surface area contributed by atoms with Crippen LogP contribution in [0.4, 0.5) is 13.2 Å². The van der Waals surface area contributed by atoms with E-state index in [9.17, 15) is 18.0 Å². The number of nitrogens with zero attached hydrogens (tertiary/aromatic N) is 1. The Morgan fingerprint density at radius 1 is 1.53 bits per heavy atom. The van der Waals surface area contributed by atoms with Crippen molar-refractivity contribution in [3.8, 4) is 0 Å². The van der Waals surface area contributed by atoms with Gasteiger partial charge in [-0.25, -0.2) is 0 Å². The minimum Gasteiger partial charge on any atom is -0.372 e. The van der Waals surface area contributed by atoms with Gasteiger partial charge in [0.1, 0.15) is 6.61 Å². The molecule has 1 unspecified atom stereocenters. The zero-order chi connectivity index (χ0) is 12.9. The van der Waals surface area contributed by atoms with Gasteiger partial charge < -0.3 is 15.0 Å². The second-order valence-electron chi connectivity index (χ2n) is 4.07. The van der Waals surface area contributed by atoms with Crippen LogP contribution in [-0.2, 0) is 9.53 Å². The van der Waals surface area contributed by atoms with E-state index in [0.717, 1.165) is 19.5 Å². The minimum absolute atomic E-state index is 0.0108. The highest BCUT2D eigenvalue weighted by atomic mass is 19.4. The topological polar surface area (TPSA) is 41.6 Å². The van der Waals surface area contributed by atoms with Crippen molar-refractivity contribution in [3.05, 3.63) is 0 Å². The maximum Gasteiger partial charge on any atom is 0.411 e. The number of carbonyl (C=O) groups is 1. The smallest absolute Gasteiger partial charge is 0.372 e. The van der Waals surface area contributed by atoms with Gasteiger partial charge in [-0.1, -0.05) is 0 Å². The Labute approximate surface area is 98.1 Å². The summed E-state index contributed by atoms with van der Waals surface area (Å²) in [6.45, 7) is 0.121. The first-order valence-corrected chi connectivity index (χ1v) is 5.51. The number of halogens is 3. The fourth-order valence-electron chi connectivity index (χ4n) is 1.70. The van der Waals surface area contributed by atoms with Crippen LogP contribution < -0.4 is 5.32 Å². The van der Waals surface area contributed by atoms with Crippen LogP contribution in [0.3, 0.4) is 0 Å². The molecule has 1 saturated heterocycles. The molecule has 1 aliphatic heterocycles. The molecular formula is C10H17F3N2O2. The minimum atomic E-state index is -4.33. The van der Waals surface area contributed by atoms with Gasteiger partial charge in [0.2, 0.25) is 5.91 Å². The standard InChI is InChI=1S/C10H17F3N2O2/c1-15(8-2-4-14-6-8)9(16)3-5-17-7-10(11,12)13/h8,14H,2-7H2,1H3. The lowest BCUT2D eigenvalue weighted by atomic mass is 10.2. The van der Waals surface area contributed by atoms with Gasteiger partial charge in [-0.3, -0.25) is 4.79 Å². The Morgan fingerprint density at radius 2 is 2.24 bits per heavy atom. The van der Waals surface area contributed by atoms with Crippen LogP contribution in [0.5, 0.6) is 0 Å². The number of alkyl halides is 3. The van der Waals surface area contributed by atoms with Crippen LogP contribution in [-0.4, -0.2) is 56.4 Å². The quantitative estimate of drug-likeness (QED) is 0.737. The van der Waals surface area contributed by atoms with E-state index in [1.165, 1.54) is 0 Å². The molecule has 0 saturated carbocycles. The third-order valence-electron chi connectivity index (χ3n) is 2.70. The number of likely N-dealkylation sites (N-methyl/N-ethyl adjacent to an activating group) is 1. The number of carbonyl (C=O) groups excluding carboxylic acids is 1. The lowest BCUT2D eigenvalue weighted by Crippen LogP contribution is -2.38. The van der Waals surface area contributed by atoms with Crippen molar-refractivity contribution in [1.82, 2.24) is 10.2 Å². The van der Waals surface area contributed by atoms with Crippen molar-refractivity contribution in [2.24, 2.45) is 0 Å². The van der Waals surface area contributed by atoms with E-state index >= 15 is 0 Å². The van der Waals surface area contributed by atoms with Crippen molar-refractivity contribution in [2.45, 2.75) is 25.1 Å². The molecule has 0 aromatic heterocycles. The summed E-state index contributed by atoms with van der Waals surface area (Å²) in [5.41, 5.74) is 0. The van der Waals surface area contributed by atoms with Crippen LogP contribution in [0.2, 0.25) is 0 Å². The molecule has 0 aromatic carbocycles. The summed E-state index contributed by atoms with van der Waals surface area (Å²) in [6, 6.07) is 0.144. The third kappa shape index (κ3) is 5.36. The molecule has 1 rings (SSSR count). The van der Waals surface area contributed by atoms with Crippen molar-refractivity contribution in [3.63, 3.8) is 0 Å². The first-order chi connectivity index (χ1) is 7.90. The average Bonchev–Trinajstić information content (AvgIpc) is 2.74. The summed E-state index contributed by atoms with van der Waals surface area (Å²) in [6.07, 6.45) is -3.46. The number of hydrogen-bond donors (Lipinski definition) is 1. The molecule has 0 aliphatic carbocycles. The Morgan fingerprint density at radius 3 is 2.76 bits per heavy atom. The second kappa shape index (κ2) is 6.20. The molecule has 1 fully saturated rings. The van der Waals surface area contributed by atoms with Crippen molar-refractivity contribution in [2.75, 3.05) is 33.4 Å². The number of nitrogens with one attached hydrogen (secondary N) is 1. The van der Waals surface area contributed by atoms with Gasteiger partial charge in [-0.15, -0.1) is 0 Å². The lowest BCUT2D eigenvalue weighted by molar-refractivity contribution is -0.175. The average molecular weight is 254 g/mol. The maximum absolute atomic E-state index is 11.8. The zero-order valence-corrected chi connectivity index (χ0v) is 9.72. The van der Waals surface area contributed by atoms with Gasteiger partial charge in [0.15, 0.2) is 0 Å². The van der Waals surface area contributed by atoms with E-state index in [2.05, 4.69) is 10.1 Å². The molecule has 0 spiro atoms. The maximum atomic E-state index is 11.8. The van der Waals surface area contributed by atoms with Gasteiger partial charge in [-0.05, 0) is 13.0 Å². The summed E-state index contributed by atoms with van der Waals surface area (Å²) in [5, 5.41) is 3.12. The van der Waals surface area contributed by atoms with Gasteiger partial charge in [0, 0.05) is 19.6 Å².